The average Bonchev–Trinajstić information content (AvgIpc) is 2.75. The van der Waals surface area contributed by atoms with E-state index in [9.17, 15) is 24.9 Å². The van der Waals surface area contributed by atoms with E-state index in [4.69, 9.17) is 10.5 Å². The molecule has 0 saturated carbocycles. The van der Waals surface area contributed by atoms with E-state index >= 15 is 0 Å². The molecule has 1 aromatic heterocycles. The molecule has 1 fully saturated rings. The van der Waals surface area contributed by atoms with Crippen molar-refractivity contribution in [2.24, 2.45) is 11.7 Å². The first-order chi connectivity index (χ1) is 11.6. The monoisotopic (exact) mass is 356 g/mol. The smallest absolute Gasteiger partial charge is 0.351 e. The largest absolute Gasteiger partial charge is 0.394 e. The van der Waals surface area contributed by atoms with E-state index in [0.29, 0.717) is 0 Å². The van der Waals surface area contributed by atoms with Crippen LogP contribution < -0.4 is 16.7 Å². The van der Waals surface area contributed by atoms with E-state index in [1.807, 2.05) is 0 Å². The lowest BCUT2D eigenvalue weighted by molar-refractivity contribution is -0.119. The summed E-state index contributed by atoms with van der Waals surface area (Å²) in [6.07, 6.45) is -2.29. The minimum Gasteiger partial charge on any atom is -0.394 e. The number of amides is 1. The van der Waals surface area contributed by atoms with Gasteiger partial charge in [-0.1, -0.05) is 13.8 Å². The molecule has 1 aliphatic rings. The first kappa shape index (κ1) is 19.3. The second-order valence-corrected chi connectivity index (χ2v) is 6.65. The first-order valence-electron chi connectivity index (χ1n) is 7.91. The van der Waals surface area contributed by atoms with E-state index in [2.05, 4.69) is 10.3 Å². The summed E-state index contributed by atoms with van der Waals surface area (Å²) in [6, 6.07) is 0.729. The highest BCUT2D eigenvalue weighted by molar-refractivity contribution is 5.82. The number of aliphatic hydroxyl groups excluding tert-OH is 2. The Morgan fingerprint density at radius 2 is 2.20 bits per heavy atom. The van der Waals surface area contributed by atoms with Gasteiger partial charge in [0, 0.05) is 6.20 Å². The Hall–Kier alpha value is -2.01. The lowest BCUT2D eigenvalue weighted by Gasteiger charge is -2.27. The molecule has 1 saturated heterocycles. The van der Waals surface area contributed by atoms with Gasteiger partial charge in [0.15, 0.2) is 6.23 Å². The fourth-order valence-electron chi connectivity index (χ4n) is 2.79. The molecule has 5 atom stereocenters. The quantitative estimate of drug-likeness (QED) is 0.398. The van der Waals surface area contributed by atoms with Gasteiger partial charge in [-0.05, 0) is 18.9 Å². The van der Waals surface area contributed by atoms with Gasteiger partial charge in [0.1, 0.15) is 29.7 Å². The van der Waals surface area contributed by atoms with E-state index in [0.717, 1.165) is 4.57 Å². The highest BCUT2D eigenvalue weighted by Gasteiger charge is 2.53. The number of rotatable bonds is 6. The Balaban J connectivity index is 2.28. The molecule has 6 N–H and O–H groups in total. The van der Waals surface area contributed by atoms with Crippen LogP contribution in [0.3, 0.4) is 0 Å². The second-order valence-electron chi connectivity index (χ2n) is 6.65. The van der Waals surface area contributed by atoms with Crippen LogP contribution in [0.1, 0.15) is 27.0 Å². The van der Waals surface area contributed by atoms with Crippen molar-refractivity contribution < 1.29 is 24.9 Å². The molecule has 1 aliphatic heterocycles. The van der Waals surface area contributed by atoms with E-state index in [1.165, 1.54) is 19.2 Å². The van der Waals surface area contributed by atoms with Gasteiger partial charge in [-0.15, -0.1) is 0 Å². The fraction of sp³-hybridized carbons (Fsp3) is 0.667. The third-order valence-corrected chi connectivity index (χ3v) is 4.29. The van der Waals surface area contributed by atoms with Crippen LogP contribution in [0, 0.1) is 5.92 Å². The number of hydrogen-bond acceptors (Lipinski definition) is 8. The Kier molecular flexibility index (Phi) is 5.47. The third-order valence-electron chi connectivity index (χ3n) is 4.29. The Bertz CT molecular complexity index is 689. The summed E-state index contributed by atoms with van der Waals surface area (Å²) < 4.78 is 6.39. The summed E-state index contributed by atoms with van der Waals surface area (Å²) in [5.74, 6) is -0.534. The van der Waals surface area contributed by atoms with E-state index in [-0.39, 0.29) is 11.7 Å². The molecular weight excluding hydrogens is 332 g/mol. The lowest BCUT2D eigenvalue weighted by atomic mass is 9.96. The predicted molar refractivity (Wildman–Crippen MR) is 87.6 cm³/mol. The molecule has 25 heavy (non-hydrogen) atoms. The van der Waals surface area contributed by atoms with Crippen molar-refractivity contribution in [1.82, 2.24) is 9.55 Å². The molecule has 10 heteroatoms. The van der Waals surface area contributed by atoms with Gasteiger partial charge in [-0.3, -0.25) is 9.36 Å². The summed E-state index contributed by atoms with van der Waals surface area (Å²) >= 11 is 0. The molecule has 140 valence electrons. The number of carbonyl (C=O) groups is 1. The van der Waals surface area contributed by atoms with E-state index < -0.39 is 48.3 Å². The average molecular weight is 356 g/mol. The van der Waals surface area contributed by atoms with Crippen LogP contribution in [0.5, 0.6) is 0 Å². The molecule has 2 rings (SSSR count). The van der Waals surface area contributed by atoms with Gasteiger partial charge in [-0.25, -0.2) is 4.79 Å². The standard InChI is InChI=1S/C15H24N4O6/c1-7(2)10(12(16)22)17-9-4-5-19(14(23)18-9)13-15(3,24)11(21)8(6-20)25-13/h4-5,7-8,10-11,13,20-21,24H,6H2,1-3H3,(H2,16,22)(H,17,18,23)/t8?,10?,11?,13?,15-/m1/s1. The van der Waals surface area contributed by atoms with Crippen molar-refractivity contribution in [2.75, 3.05) is 11.9 Å². The van der Waals surface area contributed by atoms with Crippen molar-refractivity contribution >= 4 is 11.7 Å². The minimum absolute atomic E-state index is 0.110. The molecule has 0 radical (unpaired) electrons. The highest BCUT2D eigenvalue weighted by atomic mass is 16.6. The zero-order valence-corrected chi connectivity index (χ0v) is 14.3. The normalized spacial score (nSPS) is 30.4. The van der Waals surface area contributed by atoms with Crippen molar-refractivity contribution in [3.63, 3.8) is 0 Å². The third kappa shape index (κ3) is 3.66. The van der Waals surface area contributed by atoms with Gasteiger partial charge in [-0.2, -0.15) is 4.98 Å². The maximum atomic E-state index is 12.3. The summed E-state index contributed by atoms with van der Waals surface area (Å²) in [5.41, 5.74) is 2.77. The number of nitrogens with zero attached hydrogens (tertiary/aromatic N) is 2. The molecule has 2 heterocycles. The number of aromatic nitrogens is 2. The molecular formula is C15H24N4O6. The van der Waals surface area contributed by atoms with Gasteiger partial charge < -0.3 is 31.1 Å². The van der Waals surface area contributed by atoms with Crippen LogP contribution in [0.25, 0.3) is 0 Å². The van der Waals surface area contributed by atoms with Crippen LogP contribution >= 0.6 is 0 Å². The van der Waals surface area contributed by atoms with Crippen molar-refractivity contribution in [3.8, 4) is 0 Å². The Morgan fingerprint density at radius 1 is 1.56 bits per heavy atom. The molecule has 0 bridgehead atoms. The van der Waals surface area contributed by atoms with Crippen molar-refractivity contribution in [2.45, 2.75) is 50.8 Å². The Labute approximate surface area is 144 Å². The van der Waals surface area contributed by atoms with Gasteiger partial charge >= 0.3 is 5.69 Å². The van der Waals surface area contributed by atoms with Crippen LogP contribution in [-0.4, -0.2) is 61.2 Å². The number of aliphatic hydroxyl groups is 3. The number of nitrogens with one attached hydrogen (secondary N) is 1. The molecule has 0 aliphatic carbocycles. The topological polar surface area (TPSA) is 160 Å². The number of hydrogen-bond donors (Lipinski definition) is 5. The summed E-state index contributed by atoms with van der Waals surface area (Å²) in [6.45, 7) is 4.38. The summed E-state index contributed by atoms with van der Waals surface area (Å²) in [4.78, 5) is 27.6. The maximum Gasteiger partial charge on any atom is 0.351 e. The summed E-state index contributed by atoms with van der Waals surface area (Å²) in [5, 5.41) is 32.4. The number of primary amides is 1. The molecule has 0 spiro atoms. The molecule has 1 amide bonds. The summed E-state index contributed by atoms with van der Waals surface area (Å²) in [7, 11) is 0. The predicted octanol–water partition coefficient (Wildman–Crippen LogP) is -1.83. The van der Waals surface area contributed by atoms with Gasteiger partial charge in [0.2, 0.25) is 5.91 Å². The fourth-order valence-corrected chi connectivity index (χ4v) is 2.79. The zero-order valence-electron chi connectivity index (χ0n) is 14.3. The highest BCUT2D eigenvalue weighted by Crippen LogP contribution is 2.37. The van der Waals surface area contributed by atoms with Gasteiger partial charge in [0.05, 0.1) is 6.61 Å². The molecule has 1 aromatic rings. The number of nitrogens with two attached hydrogens (primary N) is 1. The number of ether oxygens (including phenoxy) is 1. The van der Waals surface area contributed by atoms with Crippen LogP contribution in [0.4, 0.5) is 5.82 Å². The van der Waals surface area contributed by atoms with E-state index in [1.54, 1.807) is 13.8 Å². The van der Waals surface area contributed by atoms with Crippen molar-refractivity contribution in [3.05, 3.63) is 22.7 Å². The number of anilines is 1. The van der Waals surface area contributed by atoms with Gasteiger partial charge in [0.25, 0.3) is 0 Å². The molecule has 10 nitrogen and oxygen atoms in total. The second kappa shape index (κ2) is 7.08. The lowest BCUT2D eigenvalue weighted by Crippen LogP contribution is -2.46. The van der Waals surface area contributed by atoms with Crippen LogP contribution in [0.2, 0.25) is 0 Å². The molecule has 0 aromatic carbocycles. The first-order valence-corrected chi connectivity index (χ1v) is 7.91. The SMILES string of the molecule is CC(C)C(Nc1ccn(C2OC(CO)C(O)[C@@]2(C)O)c(=O)n1)C(N)=O. The zero-order chi connectivity index (χ0) is 18.9. The van der Waals surface area contributed by atoms with Crippen molar-refractivity contribution in [1.29, 1.82) is 0 Å². The minimum atomic E-state index is -1.79. The molecule has 4 unspecified atom stereocenters. The number of carbonyl (C=O) groups excluding carboxylic acids is 1. The van der Waals surface area contributed by atoms with Crippen LogP contribution in [-0.2, 0) is 9.53 Å². The Morgan fingerprint density at radius 3 is 2.64 bits per heavy atom. The maximum absolute atomic E-state index is 12.3. The van der Waals surface area contributed by atoms with Crippen LogP contribution in [0.15, 0.2) is 17.1 Å².